The van der Waals surface area contributed by atoms with Crippen molar-refractivity contribution in [2.45, 2.75) is 31.9 Å². The molecule has 2 atom stereocenters. The Labute approximate surface area is 125 Å². The van der Waals surface area contributed by atoms with E-state index < -0.39 is 12.1 Å². The molecule has 1 aromatic carbocycles. The smallest absolute Gasteiger partial charge is 0.237 e. The van der Waals surface area contributed by atoms with Crippen molar-refractivity contribution in [1.29, 1.82) is 0 Å². The topological polar surface area (TPSA) is 84.6 Å². The summed E-state index contributed by atoms with van der Waals surface area (Å²) >= 11 is 0. The molecule has 21 heavy (non-hydrogen) atoms. The van der Waals surface area contributed by atoms with Gasteiger partial charge in [0.05, 0.1) is 12.1 Å². The molecule has 5 heteroatoms. The zero-order valence-corrected chi connectivity index (χ0v) is 12.4. The Kier molecular flexibility index (Phi) is 5.73. The van der Waals surface area contributed by atoms with Crippen molar-refractivity contribution in [2.75, 3.05) is 19.8 Å². The summed E-state index contributed by atoms with van der Waals surface area (Å²) in [5.41, 5.74) is 7.84. The highest BCUT2D eigenvalue weighted by Gasteiger charge is 2.26. The first-order valence-electron chi connectivity index (χ1n) is 7.44. The van der Waals surface area contributed by atoms with Gasteiger partial charge in [0.25, 0.3) is 0 Å². The zero-order chi connectivity index (χ0) is 15.2. The van der Waals surface area contributed by atoms with Crippen molar-refractivity contribution >= 4 is 5.91 Å². The van der Waals surface area contributed by atoms with Crippen molar-refractivity contribution in [3.8, 4) is 0 Å². The number of aliphatic hydroxyl groups is 1. The molecule has 1 aliphatic rings. The molecule has 2 unspecified atom stereocenters. The summed E-state index contributed by atoms with van der Waals surface area (Å²) in [6.07, 6.45) is 0.918. The predicted octanol–water partition coefficient (Wildman–Crippen LogP) is 0.899. The maximum absolute atomic E-state index is 12.1. The first kappa shape index (κ1) is 15.9. The molecule has 2 rings (SSSR count). The number of aryl methyl sites for hydroxylation is 1. The standard InChI is InChI=1S/C16H24N2O3/c1-11-4-2-3-5-13(11)14(19)10-18-16(20)15(17)12-6-8-21-9-7-12/h2-5,12,14-15,19H,6-10,17H2,1H3,(H,18,20). The van der Waals surface area contributed by atoms with Gasteiger partial charge in [-0.25, -0.2) is 0 Å². The Bertz CT molecular complexity index is 472. The van der Waals surface area contributed by atoms with Crippen molar-refractivity contribution in [3.05, 3.63) is 35.4 Å². The highest BCUT2D eigenvalue weighted by Crippen LogP contribution is 2.19. The molecule has 1 saturated heterocycles. The Morgan fingerprint density at radius 2 is 2.10 bits per heavy atom. The number of amides is 1. The van der Waals surface area contributed by atoms with Gasteiger partial charge >= 0.3 is 0 Å². The summed E-state index contributed by atoms with van der Waals surface area (Å²) in [5.74, 6) is -0.0381. The van der Waals surface area contributed by atoms with Gasteiger partial charge in [-0.15, -0.1) is 0 Å². The molecule has 0 aromatic heterocycles. The quantitative estimate of drug-likeness (QED) is 0.753. The van der Waals surface area contributed by atoms with Crippen LogP contribution in [0.2, 0.25) is 0 Å². The molecule has 4 N–H and O–H groups in total. The average Bonchev–Trinajstić information content (AvgIpc) is 2.52. The molecule has 1 amide bonds. The van der Waals surface area contributed by atoms with Gasteiger partial charge < -0.3 is 20.9 Å². The first-order valence-corrected chi connectivity index (χ1v) is 7.44. The van der Waals surface area contributed by atoms with Gasteiger partial charge in [-0.05, 0) is 36.8 Å². The van der Waals surface area contributed by atoms with Crippen molar-refractivity contribution < 1.29 is 14.6 Å². The van der Waals surface area contributed by atoms with Crippen LogP contribution in [0, 0.1) is 12.8 Å². The van der Waals surface area contributed by atoms with Gasteiger partial charge in [0.15, 0.2) is 0 Å². The lowest BCUT2D eigenvalue weighted by Crippen LogP contribution is -2.48. The second kappa shape index (κ2) is 7.54. The van der Waals surface area contributed by atoms with Crippen LogP contribution >= 0.6 is 0 Å². The second-order valence-electron chi connectivity index (χ2n) is 5.59. The molecule has 0 saturated carbocycles. The van der Waals surface area contributed by atoms with Crippen molar-refractivity contribution in [3.63, 3.8) is 0 Å². The largest absolute Gasteiger partial charge is 0.387 e. The normalized spacial score (nSPS) is 19.0. The fourth-order valence-corrected chi connectivity index (χ4v) is 2.67. The third kappa shape index (κ3) is 4.27. The molecule has 1 fully saturated rings. The third-order valence-corrected chi connectivity index (χ3v) is 4.09. The van der Waals surface area contributed by atoms with Crippen molar-refractivity contribution in [2.24, 2.45) is 11.7 Å². The molecule has 0 aliphatic carbocycles. The minimum Gasteiger partial charge on any atom is -0.387 e. The van der Waals surface area contributed by atoms with Gasteiger partial charge in [0.2, 0.25) is 5.91 Å². The highest BCUT2D eigenvalue weighted by atomic mass is 16.5. The average molecular weight is 292 g/mol. The number of ether oxygens (including phenoxy) is 1. The van der Waals surface area contributed by atoms with Gasteiger partial charge in [0.1, 0.15) is 0 Å². The van der Waals surface area contributed by atoms with Gasteiger partial charge in [-0.1, -0.05) is 24.3 Å². The fraction of sp³-hybridized carbons (Fsp3) is 0.562. The van der Waals surface area contributed by atoms with Crippen LogP contribution in [-0.2, 0) is 9.53 Å². The van der Waals surface area contributed by atoms with Crippen LogP contribution in [0.3, 0.4) is 0 Å². The van der Waals surface area contributed by atoms with Crippen LogP contribution in [0.5, 0.6) is 0 Å². The minimum atomic E-state index is -0.711. The number of carbonyl (C=O) groups is 1. The number of rotatable bonds is 5. The van der Waals surface area contributed by atoms with Crippen LogP contribution in [0.4, 0.5) is 0 Å². The van der Waals surface area contributed by atoms with E-state index in [1.54, 1.807) is 0 Å². The van der Waals surface area contributed by atoms with Crippen LogP contribution in [0.25, 0.3) is 0 Å². The molecular formula is C16H24N2O3. The van der Waals surface area contributed by atoms with E-state index in [-0.39, 0.29) is 18.4 Å². The molecule has 1 aliphatic heterocycles. The molecule has 0 bridgehead atoms. The summed E-state index contributed by atoms with van der Waals surface area (Å²) in [5, 5.41) is 12.9. The van der Waals surface area contributed by atoms with Crippen LogP contribution in [0.1, 0.15) is 30.1 Å². The molecule has 1 heterocycles. The van der Waals surface area contributed by atoms with E-state index in [1.165, 1.54) is 0 Å². The molecule has 0 radical (unpaired) electrons. The fourth-order valence-electron chi connectivity index (χ4n) is 2.67. The number of benzene rings is 1. The summed E-state index contributed by atoms with van der Waals surface area (Å²) in [6.45, 7) is 3.45. The minimum absolute atomic E-state index is 0.161. The lowest BCUT2D eigenvalue weighted by Gasteiger charge is -2.27. The molecule has 5 nitrogen and oxygen atoms in total. The Balaban J connectivity index is 1.84. The number of hydrogen-bond donors (Lipinski definition) is 3. The first-order chi connectivity index (χ1) is 10.1. The Morgan fingerprint density at radius 3 is 2.76 bits per heavy atom. The van der Waals surface area contributed by atoms with E-state index in [4.69, 9.17) is 10.5 Å². The molecule has 116 valence electrons. The summed E-state index contributed by atoms with van der Waals surface area (Å²) in [4.78, 5) is 12.1. The molecule has 1 aromatic rings. The predicted molar refractivity (Wildman–Crippen MR) is 80.7 cm³/mol. The lowest BCUT2D eigenvalue weighted by molar-refractivity contribution is -0.124. The highest BCUT2D eigenvalue weighted by molar-refractivity contribution is 5.81. The van der Waals surface area contributed by atoms with Crippen LogP contribution in [-0.4, -0.2) is 36.8 Å². The zero-order valence-electron chi connectivity index (χ0n) is 12.4. The monoisotopic (exact) mass is 292 g/mol. The van der Waals surface area contributed by atoms with Crippen LogP contribution < -0.4 is 11.1 Å². The van der Waals surface area contributed by atoms with Gasteiger partial charge in [-0.2, -0.15) is 0 Å². The number of carbonyl (C=O) groups excluding carboxylic acids is 1. The van der Waals surface area contributed by atoms with E-state index in [9.17, 15) is 9.90 Å². The van der Waals surface area contributed by atoms with E-state index in [0.29, 0.717) is 13.2 Å². The number of nitrogens with two attached hydrogens (primary N) is 1. The maximum atomic E-state index is 12.1. The van der Waals surface area contributed by atoms with Gasteiger partial charge in [-0.3, -0.25) is 4.79 Å². The maximum Gasteiger partial charge on any atom is 0.237 e. The van der Waals surface area contributed by atoms with Crippen molar-refractivity contribution in [1.82, 2.24) is 5.32 Å². The van der Waals surface area contributed by atoms with Gasteiger partial charge in [0, 0.05) is 19.8 Å². The van der Waals surface area contributed by atoms with E-state index in [0.717, 1.165) is 24.0 Å². The van der Waals surface area contributed by atoms with E-state index in [1.807, 2.05) is 31.2 Å². The summed E-state index contributed by atoms with van der Waals surface area (Å²) in [6, 6.07) is 7.07. The number of aliphatic hydroxyl groups excluding tert-OH is 1. The summed E-state index contributed by atoms with van der Waals surface area (Å²) < 4.78 is 5.27. The number of hydrogen-bond acceptors (Lipinski definition) is 4. The second-order valence-corrected chi connectivity index (χ2v) is 5.59. The van der Waals surface area contributed by atoms with E-state index in [2.05, 4.69) is 5.32 Å². The Morgan fingerprint density at radius 1 is 1.43 bits per heavy atom. The van der Waals surface area contributed by atoms with Crippen LogP contribution in [0.15, 0.2) is 24.3 Å². The molecule has 0 spiro atoms. The lowest BCUT2D eigenvalue weighted by atomic mass is 9.92. The van der Waals surface area contributed by atoms with E-state index >= 15 is 0 Å². The Hall–Kier alpha value is -1.43. The molecular weight excluding hydrogens is 268 g/mol. The third-order valence-electron chi connectivity index (χ3n) is 4.09. The SMILES string of the molecule is Cc1ccccc1C(O)CNC(=O)C(N)C1CCOCC1. The number of nitrogens with one attached hydrogen (secondary N) is 1. The summed E-state index contributed by atoms with van der Waals surface area (Å²) in [7, 11) is 0.